The predicted molar refractivity (Wildman–Crippen MR) is 86.8 cm³/mol. The summed E-state index contributed by atoms with van der Waals surface area (Å²) < 4.78 is 0.754. The van der Waals surface area contributed by atoms with E-state index >= 15 is 0 Å². The Hall–Kier alpha value is -1.14. The van der Waals surface area contributed by atoms with Crippen molar-refractivity contribution in [3.8, 4) is 0 Å². The third-order valence-electron chi connectivity index (χ3n) is 4.55. The van der Waals surface area contributed by atoms with Crippen molar-refractivity contribution in [2.75, 3.05) is 31.1 Å². The van der Waals surface area contributed by atoms with Gasteiger partial charge in [0.2, 0.25) is 0 Å². The predicted octanol–water partition coefficient (Wildman–Crippen LogP) is 3.42. The van der Waals surface area contributed by atoms with Crippen molar-refractivity contribution >= 4 is 27.3 Å². The molecule has 2 saturated heterocycles. The van der Waals surface area contributed by atoms with E-state index < -0.39 is 0 Å². The second-order valence-corrected chi connectivity index (χ2v) is 6.79. The largest absolute Gasteiger partial charge is 0.364 e. The molecule has 114 valence electrons. The van der Waals surface area contributed by atoms with Crippen molar-refractivity contribution in [1.29, 1.82) is 0 Å². The van der Waals surface area contributed by atoms with E-state index in [0.29, 0.717) is 6.04 Å². The van der Waals surface area contributed by atoms with Crippen LogP contribution >= 0.6 is 15.9 Å². The van der Waals surface area contributed by atoms with Crippen LogP contribution in [0.4, 0.5) is 11.4 Å². The van der Waals surface area contributed by atoms with E-state index in [1.165, 1.54) is 32.4 Å². The molecule has 1 unspecified atom stereocenters. The third-order valence-corrected chi connectivity index (χ3v) is 5.04. The van der Waals surface area contributed by atoms with Crippen molar-refractivity contribution in [3.63, 3.8) is 0 Å². The van der Waals surface area contributed by atoms with E-state index in [1.54, 1.807) is 6.07 Å². The summed E-state index contributed by atoms with van der Waals surface area (Å²) in [7, 11) is 0. The number of nitrogens with zero attached hydrogens (tertiary/aromatic N) is 3. The van der Waals surface area contributed by atoms with Gasteiger partial charge in [0.1, 0.15) is 5.69 Å². The zero-order valence-corrected chi connectivity index (χ0v) is 13.6. The Labute approximate surface area is 133 Å². The second-order valence-electron chi connectivity index (χ2n) is 5.88. The Balaban J connectivity index is 1.75. The smallest absolute Gasteiger partial charge is 0.293 e. The molecule has 0 spiro atoms. The van der Waals surface area contributed by atoms with Crippen LogP contribution in [0.15, 0.2) is 22.7 Å². The highest BCUT2D eigenvalue weighted by molar-refractivity contribution is 9.10. The molecule has 0 aromatic heterocycles. The van der Waals surface area contributed by atoms with Crippen molar-refractivity contribution in [2.45, 2.75) is 31.7 Å². The van der Waals surface area contributed by atoms with Crippen molar-refractivity contribution in [1.82, 2.24) is 4.90 Å². The lowest BCUT2D eigenvalue weighted by Crippen LogP contribution is -2.40. The van der Waals surface area contributed by atoms with Gasteiger partial charge in [0.25, 0.3) is 5.69 Å². The number of nitro benzene ring substituents is 1. The lowest BCUT2D eigenvalue weighted by atomic mass is 10.1. The summed E-state index contributed by atoms with van der Waals surface area (Å²) in [5, 5.41) is 11.3. The molecule has 3 rings (SSSR count). The molecule has 6 heteroatoms. The van der Waals surface area contributed by atoms with Gasteiger partial charge in [-0.3, -0.25) is 15.0 Å². The van der Waals surface area contributed by atoms with Gasteiger partial charge in [0, 0.05) is 29.7 Å². The van der Waals surface area contributed by atoms with Crippen molar-refractivity contribution in [2.24, 2.45) is 0 Å². The summed E-state index contributed by atoms with van der Waals surface area (Å²) in [6, 6.07) is 5.90. The Morgan fingerprint density at radius 3 is 2.67 bits per heavy atom. The number of hydrogen-bond donors (Lipinski definition) is 0. The molecule has 0 radical (unpaired) electrons. The molecule has 0 aliphatic carbocycles. The highest BCUT2D eigenvalue weighted by atomic mass is 79.9. The van der Waals surface area contributed by atoms with Crippen LogP contribution in [0.1, 0.15) is 25.7 Å². The minimum absolute atomic E-state index is 0.198. The number of anilines is 1. The van der Waals surface area contributed by atoms with Gasteiger partial charge >= 0.3 is 0 Å². The Morgan fingerprint density at radius 1 is 1.19 bits per heavy atom. The number of benzene rings is 1. The first kappa shape index (κ1) is 14.8. The van der Waals surface area contributed by atoms with Crippen LogP contribution in [0.5, 0.6) is 0 Å². The van der Waals surface area contributed by atoms with E-state index in [4.69, 9.17) is 0 Å². The van der Waals surface area contributed by atoms with Gasteiger partial charge in [-0.05, 0) is 44.5 Å². The molecule has 1 atom stereocenters. The maximum atomic E-state index is 11.3. The monoisotopic (exact) mass is 353 g/mol. The summed E-state index contributed by atoms with van der Waals surface area (Å²) in [5.74, 6) is 0. The molecule has 5 nitrogen and oxygen atoms in total. The number of likely N-dealkylation sites (tertiary alicyclic amines) is 1. The van der Waals surface area contributed by atoms with E-state index in [-0.39, 0.29) is 10.6 Å². The molecule has 0 saturated carbocycles. The lowest BCUT2D eigenvalue weighted by molar-refractivity contribution is -0.384. The number of hydrogen-bond acceptors (Lipinski definition) is 4. The molecule has 0 bridgehead atoms. The molecular weight excluding hydrogens is 334 g/mol. The van der Waals surface area contributed by atoms with E-state index in [9.17, 15) is 10.1 Å². The van der Waals surface area contributed by atoms with Crippen LogP contribution in [-0.2, 0) is 0 Å². The maximum Gasteiger partial charge on any atom is 0.293 e. The van der Waals surface area contributed by atoms with Gasteiger partial charge < -0.3 is 4.90 Å². The number of piperidine rings is 1. The molecule has 1 aromatic rings. The number of halogens is 1. The van der Waals surface area contributed by atoms with E-state index in [0.717, 1.165) is 29.7 Å². The van der Waals surface area contributed by atoms with Crippen LogP contribution < -0.4 is 4.90 Å². The van der Waals surface area contributed by atoms with Crippen LogP contribution in [0.25, 0.3) is 0 Å². The fourth-order valence-corrected chi connectivity index (χ4v) is 3.80. The summed E-state index contributed by atoms with van der Waals surface area (Å²) in [4.78, 5) is 15.7. The second kappa shape index (κ2) is 6.32. The van der Waals surface area contributed by atoms with Gasteiger partial charge in [0.15, 0.2) is 0 Å². The van der Waals surface area contributed by atoms with Gasteiger partial charge in [-0.25, -0.2) is 0 Å². The highest BCUT2D eigenvalue weighted by Crippen LogP contribution is 2.34. The van der Waals surface area contributed by atoms with Gasteiger partial charge in [-0.1, -0.05) is 22.4 Å². The molecule has 2 heterocycles. The molecule has 2 aliphatic rings. The zero-order valence-electron chi connectivity index (χ0n) is 12.0. The molecule has 0 amide bonds. The summed E-state index contributed by atoms with van der Waals surface area (Å²) in [5.41, 5.74) is 0.950. The fourth-order valence-electron chi connectivity index (χ4n) is 3.45. The van der Waals surface area contributed by atoms with E-state index in [2.05, 4.69) is 25.7 Å². The summed E-state index contributed by atoms with van der Waals surface area (Å²) >= 11 is 3.32. The Kier molecular flexibility index (Phi) is 4.45. The molecule has 21 heavy (non-hydrogen) atoms. The minimum Gasteiger partial charge on any atom is -0.364 e. The lowest BCUT2D eigenvalue weighted by Gasteiger charge is -2.32. The first-order chi connectivity index (χ1) is 10.1. The van der Waals surface area contributed by atoms with Crippen LogP contribution in [0, 0.1) is 10.1 Å². The Morgan fingerprint density at radius 2 is 1.95 bits per heavy atom. The average molecular weight is 354 g/mol. The van der Waals surface area contributed by atoms with Crippen LogP contribution in [-0.4, -0.2) is 42.0 Å². The molecule has 1 aromatic carbocycles. The molecule has 2 aliphatic heterocycles. The average Bonchev–Trinajstić information content (AvgIpc) is 2.97. The SMILES string of the molecule is O=[N+]([O-])c1cc(Br)ccc1N1CCC(N2CCCCC2)C1. The maximum absolute atomic E-state index is 11.3. The first-order valence-corrected chi connectivity index (χ1v) is 8.37. The first-order valence-electron chi connectivity index (χ1n) is 7.58. The van der Waals surface area contributed by atoms with Gasteiger partial charge in [-0.2, -0.15) is 0 Å². The molecule has 0 N–H and O–H groups in total. The van der Waals surface area contributed by atoms with E-state index in [1.807, 2.05) is 12.1 Å². The van der Waals surface area contributed by atoms with Crippen LogP contribution in [0.2, 0.25) is 0 Å². The van der Waals surface area contributed by atoms with Gasteiger partial charge in [-0.15, -0.1) is 0 Å². The molecule has 2 fully saturated rings. The van der Waals surface area contributed by atoms with Crippen LogP contribution in [0.3, 0.4) is 0 Å². The Bertz CT molecular complexity index is 532. The highest BCUT2D eigenvalue weighted by Gasteiger charge is 2.31. The topological polar surface area (TPSA) is 49.6 Å². The fraction of sp³-hybridized carbons (Fsp3) is 0.600. The molecular formula is C15H20BrN3O2. The minimum atomic E-state index is -0.283. The summed E-state index contributed by atoms with van der Waals surface area (Å²) in [6.45, 7) is 4.17. The standard InChI is InChI=1S/C15H20BrN3O2/c16-12-4-5-14(15(10-12)19(20)21)18-9-6-13(11-18)17-7-2-1-3-8-17/h4-5,10,13H,1-3,6-9,11H2. The van der Waals surface area contributed by atoms with Gasteiger partial charge in [0.05, 0.1) is 4.92 Å². The van der Waals surface area contributed by atoms with Crippen molar-refractivity contribution in [3.05, 3.63) is 32.8 Å². The number of nitro groups is 1. The number of rotatable bonds is 3. The normalized spacial score (nSPS) is 23.5. The quantitative estimate of drug-likeness (QED) is 0.617. The third kappa shape index (κ3) is 3.21. The summed E-state index contributed by atoms with van der Waals surface area (Å²) in [6.07, 6.45) is 5.02. The van der Waals surface area contributed by atoms with Crippen molar-refractivity contribution < 1.29 is 4.92 Å². The zero-order chi connectivity index (χ0) is 14.8.